The predicted molar refractivity (Wildman–Crippen MR) is 78.5 cm³/mol. The van der Waals surface area contributed by atoms with Crippen molar-refractivity contribution < 1.29 is 0 Å². The largest absolute Gasteiger partial charge is 0.330 e. The highest BCUT2D eigenvalue weighted by molar-refractivity contribution is 14.1. The Bertz CT molecular complexity index is 132. The Morgan fingerprint density at radius 3 is 2.20 bits per heavy atom. The van der Waals surface area contributed by atoms with E-state index in [0.29, 0.717) is 0 Å². The summed E-state index contributed by atoms with van der Waals surface area (Å²) in [5, 5.41) is 0. The van der Waals surface area contributed by atoms with Gasteiger partial charge in [0.15, 0.2) is 0 Å². The standard InChI is InChI=1S/C13H28IN/c1-4-11(2)5-6-12(3)13(7-9-14)8-10-15/h11-13H,4-10,15H2,1-3H3/t11-,12?,13+/m1/s1. The molecule has 0 spiro atoms. The molecule has 0 aliphatic rings. The highest BCUT2D eigenvalue weighted by Gasteiger charge is 2.16. The SMILES string of the molecule is CC[C@@H](C)CCC(C)[C@H](CCN)CCI. The van der Waals surface area contributed by atoms with Crippen molar-refractivity contribution in [2.75, 3.05) is 11.0 Å². The van der Waals surface area contributed by atoms with E-state index in [1.54, 1.807) is 0 Å². The Hall–Kier alpha value is 0.690. The molecule has 0 rings (SSSR count). The molecule has 1 nitrogen and oxygen atoms in total. The minimum absolute atomic E-state index is 0.856. The maximum absolute atomic E-state index is 5.68. The molecule has 0 heterocycles. The van der Waals surface area contributed by atoms with Crippen LogP contribution in [0.3, 0.4) is 0 Å². The lowest BCUT2D eigenvalue weighted by atomic mass is 9.83. The third-order valence-corrected chi connectivity index (χ3v) is 4.26. The summed E-state index contributed by atoms with van der Waals surface area (Å²) in [6.45, 7) is 7.92. The molecule has 2 N–H and O–H groups in total. The van der Waals surface area contributed by atoms with E-state index < -0.39 is 0 Å². The van der Waals surface area contributed by atoms with Crippen molar-refractivity contribution in [2.24, 2.45) is 23.5 Å². The molecular weight excluding hydrogens is 297 g/mol. The van der Waals surface area contributed by atoms with Crippen LogP contribution in [0.25, 0.3) is 0 Å². The summed E-state index contributed by atoms with van der Waals surface area (Å²) in [7, 11) is 0. The molecule has 0 saturated heterocycles. The van der Waals surface area contributed by atoms with E-state index in [2.05, 4.69) is 43.4 Å². The van der Waals surface area contributed by atoms with E-state index in [1.165, 1.54) is 36.5 Å². The number of hydrogen-bond acceptors (Lipinski definition) is 1. The van der Waals surface area contributed by atoms with E-state index in [1.807, 2.05) is 0 Å². The van der Waals surface area contributed by atoms with Crippen LogP contribution in [0.1, 0.15) is 52.9 Å². The third kappa shape index (κ3) is 7.56. The molecule has 0 amide bonds. The topological polar surface area (TPSA) is 26.0 Å². The minimum atomic E-state index is 0.856. The Morgan fingerprint density at radius 2 is 1.73 bits per heavy atom. The van der Waals surface area contributed by atoms with Gasteiger partial charge < -0.3 is 5.73 Å². The van der Waals surface area contributed by atoms with Crippen LogP contribution in [-0.4, -0.2) is 11.0 Å². The van der Waals surface area contributed by atoms with Crippen molar-refractivity contribution >= 4 is 22.6 Å². The number of nitrogens with two attached hydrogens (primary N) is 1. The number of hydrogen-bond donors (Lipinski definition) is 1. The highest BCUT2D eigenvalue weighted by Crippen LogP contribution is 2.26. The second kappa shape index (κ2) is 9.88. The summed E-state index contributed by atoms with van der Waals surface area (Å²) in [4.78, 5) is 0. The minimum Gasteiger partial charge on any atom is -0.330 e. The second-order valence-corrected chi connectivity index (χ2v) is 5.96. The molecular formula is C13H28IN. The van der Waals surface area contributed by atoms with Gasteiger partial charge in [0.2, 0.25) is 0 Å². The van der Waals surface area contributed by atoms with Crippen LogP contribution < -0.4 is 5.73 Å². The van der Waals surface area contributed by atoms with Gasteiger partial charge in [-0.15, -0.1) is 0 Å². The number of halogens is 1. The Morgan fingerprint density at radius 1 is 1.07 bits per heavy atom. The fraction of sp³-hybridized carbons (Fsp3) is 1.00. The summed E-state index contributed by atoms with van der Waals surface area (Å²) in [5.74, 6) is 2.61. The summed E-state index contributed by atoms with van der Waals surface area (Å²) in [6.07, 6.45) is 6.65. The summed E-state index contributed by atoms with van der Waals surface area (Å²) in [5.41, 5.74) is 5.68. The molecule has 0 saturated carbocycles. The van der Waals surface area contributed by atoms with Gasteiger partial charge in [-0.05, 0) is 41.6 Å². The zero-order valence-electron chi connectivity index (χ0n) is 10.6. The molecule has 0 aliphatic heterocycles. The molecule has 0 fully saturated rings. The van der Waals surface area contributed by atoms with Crippen LogP contribution in [0.15, 0.2) is 0 Å². The molecule has 15 heavy (non-hydrogen) atoms. The fourth-order valence-electron chi connectivity index (χ4n) is 2.05. The van der Waals surface area contributed by atoms with Crippen LogP contribution >= 0.6 is 22.6 Å². The van der Waals surface area contributed by atoms with Gasteiger partial charge in [0.25, 0.3) is 0 Å². The van der Waals surface area contributed by atoms with Gasteiger partial charge in [-0.2, -0.15) is 0 Å². The first-order valence-electron chi connectivity index (χ1n) is 6.41. The molecule has 0 aromatic heterocycles. The summed E-state index contributed by atoms with van der Waals surface area (Å²) in [6, 6.07) is 0. The zero-order chi connectivity index (χ0) is 11.7. The normalized spacial score (nSPS) is 17.4. The second-order valence-electron chi connectivity index (χ2n) is 4.88. The van der Waals surface area contributed by atoms with Gasteiger partial charge in [-0.1, -0.05) is 62.6 Å². The highest BCUT2D eigenvalue weighted by atomic mass is 127. The summed E-state index contributed by atoms with van der Waals surface area (Å²) >= 11 is 2.48. The molecule has 3 atom stereocenters. The van der Waals surface area contributed by atoms with Gasteiger partial charge in [-0.3, -0.25) is 0 Å². The van der Waals surface area contributed by atoms with Crippen molar-refractivity contribution in [3.8, 4) is 0 Å². The summed E-state index contributed by atoms with van der Waals surface area (Å²) < 4.78 is 1.27. The van der Waals surface area contributed by atoms with Crippen molar-refractivity contribution in [1.29, 1.82) is 0 Å². The van der Waals surface area contributed by atoms with E-state index in [0.717, 1.165) is 24.3 Å². The fourth-order valence-corrected chi connectivity index (χ4v) is 2.85. The van der Waals surface area contributed by atoms with Gasteiger partial charge >= 0.3 is 0 Å². The maximum atomic E-state index is 5.68. The van der Waals surface area contributed by atoms with Gasteiger partial charge in [0.1, 0.15) is 0 Å². The number of alkyl halides is 1. The first-order valence-corrected chi connectivity index (χ1v) is 7.94. The molecule has 0 aromatic rings. The monoisotopic (exact) mass is 325 g/mol. The van der Waals surface area contributed by atoms with Crippen LogP contribution in [0.4, 0.5) is 0 Å². The third-order valence-electron chi connectivity index (χ3n) is 3.63. The first kappa shape index (κ1) is 15.7. The van der Waals surface area contributed by atoms with Crippen molar-refractivity contribution in [3.05, 3.63) is 0 Å². The van der Waals surface area contributed by atoms with Gasteiger partial charge in [0, 0.05) is 0 Å². The predicted octanol–water partition coefficient (Wildman–Crippen LogP) is 4.24. The molecule has 92 valence electrons. The van der Waals surface area contributed by atoms with E-state index in [4.69, 9.17) is 5.73 Å². The molecule has 0 aliphatic carbocycles. The lowest BCUT2D eigenvalue weighted by Crippen LogP contribution is -2.17. The lowest BCUT2D eigenvalue weighted by Gasteiger charge is -2.24. The molecule has 0 bridgehead atoms. The van der Waals surface area contributed by atoms with Gasteiger partial charge in [0.05, 0.1) is 0 Å². The average molecular weight is 325 g/mol. The zero-order valence-corrected chi connectivity index (χ0v) is 12.8. The lowest BCUT2D eigenvalue weighted by molar-refractivity contribution is 0.292. The van der Waals surface area contributed by atoms with Crippen LogP contribution in [0.2, 0.25) is 0 Å². The van der Waals surface area contributed by atoms with Crippen molar-refractivity contribution in [3.63, 3.8) is 0 Å². The smallest absolute Gasteiger partial charge is 0.000198 e. The van der Waals surface area contributed by atoms with Crippen LogP contribution in [0.5, 0.6) is 0 Å². The maximum Gasteiger partial charge on any atom is -0.000198 e. The number of rotatable bonds is 9. The molecule has 2 heteroatoms. The van der Waals surface area contributed by atoms with E-state index in [-0.39, 0.29) is 0 Å². The Kier molecular flexibility index (Phi) is 10.3. The van der Waals surface area contributed by atoms with Crippen LogP contribution in [-0.2, 0) is 0 Å². The van der Waals surface area contributed by atoms with Crippen molar-refractivity contribution in [2.45, 2.75) is 52.9 Å². The van der Waals surface area contributed by atoms with Crippen LogP contribution in [0, 0.1) is 17.8 Å². The first-order chi connectivity index (χ1) is 7.15. The molecule has 1 unspecified atom stereocenters. The van der Waals surface area contributed by atoms with E-state index in [9.17, 15) is 0 Å². The van der Waals surface area contributed by atoms with E-state index >= 15 is 0 Å². The molecule has 0 radical (unpaired) electrons. The molecule has 0 aromatic carbocycles. The Balaban J connectivity index is 3.84. The Labute approximate surface area is 110 Å². The van der Waals surface area contributed by atoms with Crippen molar-refractivity contribution in [1.82, 2.24) is 0 Å². The quantitative estimate of drug-likeness (QED) is 0.498. The average Bonchev–Trinajstić information content (AvgIpc) is 2.25. The van der Waals surface area contributed by atoms with Gasteiger partial charge in [-0.25, -0.2) is 0 Å².